The highest BCUT2D eigenvalue weighted by molar-refractivity contribution is 6.42. The number of nitrogens with two attached hydrogens (primary N) is 1. The molecule has 6 aromatic rings. The van der Waals surface area contributed by atoms with Crippen molar-refractivity contribution in [3.63, 3.8) is 0 Å². The first-order valence-electron chi connectivity index (χ1n) is 23.0. The van der Waals surface area contributed by atoms with Gasteiger partial charge in [0.25, 0.3) is 17.7 Å². The monoisotopic (exact) mass is 924 g/mol. The lowest BCUT2D eigenvalue weighted by Crippen LogP contribution is -2.37. The Bertz CT molecular complexity index is 2670. The number of aliphatic imine (C=N–C) groups is 2. The highest BCUT2D eigenvalue weighted by Gasteiger charge is 2.26. The second-order valence-electron chi connectivity index (χ2n) is 16.0. The molecule has 0 saturated heterocycles. The van der Waals surface area contributed by atoms with Crippen LogP contribution in [-0.2, 0) is 36.8 Å². The number of carbonyl (C=O) groups excluding carboxylic acids is 6. The summed E-state index contributed by atoms with van der Waals surface area (Å²) < 4.78 is 4.82. The van der Waals surface area contributed by atoms with Gasteiger partial charge in [-0.3, -0.25) is 24.0 Å². The average molecular weight is 925 g/mol. The first-order chi connectivity index (χ1) is 33.7. The van der Waals surface area contributed by atoms with Crippen LogP contribution >= 0.6 is 0 Å². The highest BCUT2D eigenvalue weighted by atomic mass is 16.5. The van der Waals surface area contributed by atoms with Gasteiger partial charge in [0.1, 0.15) is 11.4 Å². The Kier molecular flexibility index (Phi) is 19.1. The number of nitrogens with one attached hydrogen (secondary N) is 3. The van der Waals surface area contributed by atoms with E-state index in [1.54, 1.807) is 31.2 Å². The molecule has 6 aromatic carbocycles. The van der Waals surface area contributed by atoms with E-state index < -0.39 is 11.9 Å². The lowest BCUT2D eigenvalue weighted by Gasteiger charge is -2.18. The molecule has 0 aromatic heterocycles. The smallest absolute Gasteiger partial charge is 0.353 e. The van der Waals surface area contributed by atoms with Crippen molar-refractivity contribution >= 4 is 46.9 Å². The van der Waals surface area contributed by atoms with Crippen LogP contribution in [0.1, 0.15) is 85.7 Å². The van der Waals surface area contributed by atoms with E-state index >= 15 is 0 Å². The number of benzene rings is 6. The Balaban J connectivity index is 0.000000185. The lowest BCUT2D eigenvalue weighted by atomic mass is 9.90. The van der Waals surface area contributed by atoms with E-state index in [2.05, 4.69) is 25.9 Å². The Morgan fingerprint density at radius 2 is 0.870 bits per heavy atom. The summed E-state index contributed by atoms with van der Waals surface area (Å²) in [5.74, 6) is -2.35. The maximum absolute atomic E-state index is 13.0. The first-order valence-corrected chi connectivity index (χ1v) is 23.0. The molecule has 0 fully saturated rings. The molecule has 2 heterocycles. The molecule has 352 valence electrons. The third kappa shape index (κ3) is 14.4. The largest absolute Gasteiger partial charge is 0.461 e. The minimum atomic E-state index is -0.509. The number of fused-ring (bicyclic) bond motifs is 2. The number of amides is 5. The molecule has 0 unspecified atom stereocenters. The molecule has 2 aliphatic heterocycles. The van der Waals surface area contributed by atoms with Crippen molar-refractivity contribution in [3.8, 4) is 0 Å². The molecule has 0 saturated carbocycles. The summed E-state index contributed by atoms with van der Waals surface area (Å²) >= 11 is 0. The summed E-state index contributed by atoms with van der Waals surface area (Å²) in [6, 6.07) is 53.3. The molecule has 13 heteroatoms. The van der Waals surface area contributed by atoms with Crippen LogP contribution in [0, 0.1) is 0 Å². The number of carbonyl (C=O) groups is 6. The molecule has 69 heavy (non-hydrogen) atoms. The van der Waals surface area contributed by atoms with Gasteiger partial charge in [-0.1, -0.05) is 158 Å². The summed E-state index contributed by atoms with van der Waals surface area (Å²) in [7, 11) is 0. The van der Waals surface area contributed by atoms with Crippen molar-refractivity contribution in [2.24, 2.45) is 15.7 Å². The first kappa shape index (κ1) is 50.3. The van der Waals surface area contributed by atoms with Gasteiger partial charge in [0.15, 0.2) is 0 Å². The van der Waals surface area contributed by atoms with Crippen molar-refractivity contribution in [3.05, 3.63) is 214 Å². The number of hydrogen-bond donors (Lipinski definition) is 4. The number of hydrogen-bond acceptors (Lipinski definition) is 8. The fraction of sp³-hybridized carbons (Fsp3) is 0.214. The fourth-order valence-corrected chi connectivity index (χ4v) is 7.73. The molecular weight excluding hydrogens is 869 g/mol. The molecule has 0 bridgehead atoms. The molecule has 0 spiro atoms. The maximum atomic E-state index is 13.0. The van der Waals surface area contributed by atoms with Crippen LogP contribution in [0.3, 0.4) is 0 Å². The second-order valence-corrected chi connectivity index (χ2v) is 16.0. The Hall–Kier alpha value is -8.16. The van der Waals surface area contributed by atoms with Crippen LogP contribution in [0.5, 0.6) is 0 Å². The van der Waals surface area contributed by atoms with Crippen LogP contribution in [0.25, 0.3) is 0 Å². The van der Waals surface area contributed by atoms with Crippen LogP contribution in [-0.4, -0.2) is 79.7 Å². The second kappa shape index (κ2) is 26.2. The lowest BCUT2D eigenvalue weighted by molar-refractivity contribution is -0.135. The predicted molar refractivity (Wildman–Crippen MR) is 267 cm³/mol. The van der Waals surface area contributed by atoms with Crippen LogP contribution in [0.4, 0.5) is 0 Å². The molecule has 2 aliphatic rings. The molecule has 5 N–H and O–H groups in total. The predicted octanol–water partition coefficient (Wildman–Crippen LogP) is 6.95. The van der Waals surface area contributed by atoms with Gasteiger partial charge in [0.2, 0.25) is 11.8 Å². The average Bonchev–Trinajstić information content (AvgIpc) is 3.38. The number of nitrogens with zero attached hydrogens (tertiary/aromatic N) is 2. The van der Waals surface area contributed by atoms with Gasteiger partial charge < -0.3 is 26.4 Å². The Morgan fingerprint density at radius 1 is 0.507 bits per heavy atom. The van der Waals surface area contributed by atoms with E-state index in [-0.39, 0.29) is 53.5 Å². The fourth-order valence-electron chi connectivity index (χ4n) is 7.73. The van der Waals surface area contributed by atoms with Crippen LogP contribution in [0.2, 0.25) is 0 Å². The Labute approximate surface area is 402 Å². The molecule has 13 nitrogen and oxygen atoms in total. The molecular formula is C56H56N6O7. The van der Waals surface area contributed by atoms with Gasteiger partial charge in [-0.15, -0.1) is 0 Å². The Morgan fingerprint density at radius 3 is 1.29 bits per heavy atom. The van der Waals surface area contributed by atoms with Gasteiger partial charge in [0, 0.05) is 43.6 Å². The zero-order chi connectivity index (χ0) is 48.8. The standard InChI is InChI=1S/C27H25N3O3.C17H20N2O.C12H11NO3/c31-25-22-15-8-7-14-21(22)18-23(30-25)26(32)28-16-9-17-29-27(33)24(19-10-3-1-4-11-19)20-12-5-2-6-13-20;18-12-7-13-19-17(20)16(14-8-3-1-4-9-14)15-10-5-2-6-11-15;1-2-16-12(15)10-7-8-5-3-4-6-9(8)11(14)13-10/h1-8,10-15,24H,9,16-18H2,(H,28,32)(H,29,33);1-6,8-11,16H,7,12-13,18H2,(H,19,20);3-6H,2,7H2,1H3. The van der Waals surface area contributed by atoms with Crippen molar-refractivity contribution in [1.29, 1.82) is 0 Å². The third-order valence-corrected chi connectivity index (χ3v) is 11.1. The summed E-state index contributed by atoms with van der Waals surface area (Å²) in [6.07, 6.45) is 2.05. The minimum Gasteiger partial charge on any atom is -0.461 e. The van der Waals surface area contributed by atoms with E-state index in [1.807, 2.05) is 146 Å². The molecule has 5 amide bonds. The van der Waals surface area contributed by atoms with Crippen LogP contribution < -0.4 is 21.7 Å². The minimum absolute atomic E-state index is 0.0239. The summed E-state index contributed by atoms with van der Waals surface area (Å²) in [4.78, 5) is 80.8. The van der Waals surface area contributed by atoms with E-state index in [1.165, 1.54) is 0 Å². The van der Waals surface area contributed by atoms with Gasteiger partial charge in [-0.05, 0) is 71.8 Å². The van der Waals surface area contributed by atoms with Crippen molar-refractivity contribution < 1.29 is 33.5 Å². The van der Waals surface area contributed by atoms with E-state index in [0.29, 0.717) is 56.6 Å². The number of ether oxygens (including phenoxy) is 1. The SMILES string of the molecule is CCOC(=O)C1=NC(=O)c2ccccc2C1.NCCCNC(=O)C(c1ccccc1)c1ccccc1.O=C(NCCCNC(=O)C(c1ccccc1)c1ccccc1)C1=NC(=O)c2ccccc2C1. The number of rotatable bonds is 16. The maximum Gasteiger partial charge on any atom is 0.353 e. The highest BCUT2D eigenvalue weighted by Crippen LogP contribution is 2.26. The molecule has 0 atom stereocenters. The molecule has 8 rings (SSSR count). The summed E-state index contributed by atoms with van der Waals surface area (Å²) in [5.41, 5.74) is 12.5. The molecule has 0 radical (unpaired) electrons. The number of esters is 1. The van der Waals surface area contributed by atoms with Gasteiger partial charge in [-0.25, -0.2) is 14.8 Å². The zero-order valence-electron chi connectivity index (χ0n) is 38.5. The topological polar surface area (TPSA) is 198 Å². The zero-order valence-corrected chi connectivity index (χ0v) is 38.5. The van der Waals surface area contributed by atoms with Gasteiger partial charge >= 0.3 is 5.97 Å². The van der Waals surface area contributed by atoms with Crippen molar-refractivity contribution in [2.75, 3.05) is 32.8 Å². The van der Waals surface area contributed by atoms with Crippen molar-refractivity contribution in [2.45, 2.75) is 44.4 Å². The quantitative estimate of drug-likeness (QED) is 0.0591. The van der Waals surface area contributed by atoms with Gasteiger partial charge in [0.05, 0.1) is 18.4 Å². The third-order valence-electron chi connectivity index (χ3n) is 11.1. The van der Waals surface area contributed by atoms with Crippen molar-refractivity contribution in [1.82, 2.24) is 16.0 Å². The van der Waals surface area contributed by atoms with Gasteiger partial charge in [-0.2, -0.15) is 0 Å². The van der Waals surface area contributed by atoms with E-state index in [0.717, 1.165) is 39.8 Å². The van der Waals surface area contributed by atoms with E-state index in [4.69, 9.17) is 10.5 Å². The normalized spacial score (nSPS) is 12.3. The summed E-state index contributed by atoms with van der Waals surface area (Å²) in [6.45, 7) is 4.00. The van der Waals surface area contributed by atoms with E-state index in [9.17, 15) is 28.8 Å². The van der Waals surface area contributed by atoms with Crippen LogP contribution in [0.15, 0.2) is 180 Å². The molecule has 0 aliphatic carbocycles. The summed E-state index contributed by atoms with van der Waals surface area (Å²) in [5, 5.41) is 8.74.